The predicted octanol–water partition coefficient (Wildman–Crippen LogP) is 7.02. The summed E-state index contributed by atoms with van der Waals surface area (Å²) in [6.45, 7) is 3.90. The summed E-state index contributed by atoms with van der Waals surface area (Å²) in [6.07, 6.45) is 3.32. The van der Waals surface area contributed by atoms with Gasteiger partial charge in [0.2, 0.25) is 0 Å². The normalized spacial score (nSPS) is 13.5. The number of anilines is 1. The van der Waals surface area contributed by atoms with Gasteiger partial charge in [0.1, 0.15) is 0 Å². The van der Waals surface area contributed by atoms with Crippen LogP contribution >= 0.6 is 11.6 Å². The van der Waals surface area contributed by atoms with E-state index in [0.717, 1.165) is 36.0 Å². The smallest absolute Gasteiger partial charge is 0.264 e. The fourth-order valence-corrected chi connectivity index (χ4v) is 6.59. The van der Waals surface area contributed by atoms with E-state index in [9.17, 15) is 13.2 Å². The van der Waals surface area contributed by atoms with Gasteiger partial charge in [-0.2, -0.15) is 0 Å². The van der Waals surface area contributed by atoms with Crippen LogP contribution in [0.5, 0.6) is 0 Å². The summed E-state index contributed by atoms with van der Waals surface area (Å²) in [5, 5.41) is 3.65. The lowest BCUT2D eigenvalue weighted by Gasteiger charge is -2.27. The molecule has 1 amide bonds. The molecule has 0 heterocycles. The van der Waals surface area contributed by atoms with Gasteiger partial charge >= 0.3 is 0 Å². The fraction of sp³-hybridized carbons (Fsp3) is 0.219. The van der Waals surface area contributed by atoms with E-state index in [4.69, 9.17) is 11.6 Å². The molecular formula is C32H31ClN2O3S. The number of hydrogen-bond donors (Lipinski definition) is 1. The lowest BCUT2D eigenvalue weighted by molar-refractivity contribution is 0.0940. The predicted molar refractivity (Wildman–Crippen MR) is 157 cm³/mol. The third kappa shape index (κ3) is 5.87. The molecule has 5 nitrogen and oxygen atoms in total. The van der Waals surface area contributed by atoms with Crippen LogP contribution in [0.15, 0.2) is 95.9 Å². The highest BCUT2D eigenvalue weighted by Crippen LogP contribution is 2.31. The summed E-state index contributed by atoms with van der Waals surface area (Å²) >= 11 is 6.08. The number of fused-ring (bicyclic) bond motifs is 1. The van der Waals surface area contributed by atoms with E-state index in [2.05, 4.69) is 23.5 Å². The molecule has 5 rings (SSSR count). The molecule has 1 N–H and O–H groups in total. The van der Waals surface area contributed by atoms with E-state index in [1.54, 1.807) is 72.8 Å². The fourth-order valence-electron chi connectivity index (χ4n) is 4.99. The summed E-state index contributed by atoms with van der Waals surface area (Å²) in [5.41, 5.74) is 6.05. The molecule has 0 fully saturated rings. The zero-order chi connectivity index (χ0) is 27.6. The average molecular weight is 559 g/mol. The number of nitrogens with zero attached hydrogens (tertiary/aromatic N) is 1. The van der Waals surface area contributed by atoms with Crippen LogP contribution in [0, 0.1) is 6.92 Å². The van der Waals surface area contributed by atoms with Gasteiger partial charge in [0.25, 0.3) is 15.9 Å². The number of hydrogen-bond acceptors (Lipinski definition) is 3. The Hall–Kier alpha value is -3.61. The van der Waals surface area contributed by atoms with E-state index in [-0.39, 0.29) is 29.0 Å². The van der Waals surface area contributed by atoms with Crippen LogP contribution in [0.2, 0.25) is 5.02 Å². The highest BCUT2D eigenvalue weighted by atomic mass is 35.5. The topological polar surface area (TPSA) is 66.5 Å². The number of halogens is 1. The van der Waals surface area contributed by atoms with E-state index in [1.165, 1.54) is 15.4 Å². The molecule has 1 atom stereocenters. The number of aryl methyl sites for hydroxylation is 3. The zero-order valence-electron chi connectivity index (χ0n) is 22.0. The molecular weight excluding hydrogens is 528 g/mol. The van der Waals surface area contributed by atoms with Gasteiger partial charge in [0.15, 0.2) is 0 Å². The number of para-hydroxylation sites is 1. The molecule has 200 valence electrons. The summed E-state index contributed by atoms with van der Waals surface area (Å²) < 4.78 is 29.3. The quantitative estimate of drug-likeness (QED) is 0.252. The minimum Gasteiger partial charge on any atom is -0.345 e. The van der Waals surface area contributed by atoms with E-state index in [0.29, 0.717) is 10.7 Å². The van der Waals surface area contributed by atoms with Crippen LogP contribution in [0.3, 0.4) is 0 Å². The molecule has 0 saturated heterocycles. The molecule has 0 saturated carbocycles. The summed E-state index contributed by atoms with van der Waals surface area (Å²) in [7, 11) is -4.00. The van der Waals surface area contributed by atoms with Crippen molar-refractivity contribution < 1.29 is 13.2 Å². The maximum atomic E-state index is 14.0. The molecule has 1 aliphatic carbocycles. The van der Waals surface area contributed by atoms with Gasteiger partial charge in [0.05, 0.1) is 28.7 Å². The standard InChI is InChI=1S/C32H31ClN2O3S/c1-22-10-18-29(19-11-22)39(37,38)35(21-24-12-16-28(33)17-13-24)31-9-4-3-8-30(31)32(36)34-23(2)26-15-14-25-6-5-7-27(25)20-26/h3-4,8-20,23H,5-7,21H2,1-2H3,(H,34,36). The van der Waals surface area contributed by atoms with Gasteiger partial charge in [0, 0.05) is 5.02 Å². The van der Waals surface area contributed by atoms with Crippen molar-refractivity contribution in [3.63, 3.8) is 0 Å². The molecule has 4 aromatic carbocycles. The first-order valence-corrected chi connectivity index (χ1v) is 14.9. The Morgan fingerprint density at radius 1 is 0.923 bits per heavy atom. The van der Waals surface area contributed by atoms with Gasteiger partial charge in [-0.15, -0.1) is 0 Å². The van der Waals surface area contributed by atoms with Crippen molar-refractivity contribution in [3.8, 4) is 0 Å². The monoisotopic (exact) mass is 558 g/mol. The number of benzene rings is 4. The summed E-state index contributed by atoms with van der Waals surface area (Å²) in [6, 6.07) is 26.7. The van der Waals surface area contributed by atoms with E-state index in [1.807, 2.05) is 13.8 Å². The van der Waals surface area contributed by atoms with Crippen molar-refractivity contribution in [1.82, 2.24) is 5.32 Å². The second-order valence-electron chi connectivity index (χ2n) is 10.0. The van der Waals surface area contributed by atoms with Crippen LogP contribution in [0.1, 0.15) is 57.6 Å². The first-order chi connectivity index (χ1) is 18.7. The minimum absolute atomic E-state index is 0.0397. The molecule has 7 heteroatoms. The zero-order valence-corrected chi connectivity index (χ0v) is 23.6. The Kier molecular flexibility index (Phi) is 7.78. The van der Waals surface area contributed by atoms with Gasteiger partial charge in [-0.3, -0.25) is 9.10 Å². The first-order valence-electron chi connectivity index (χ1n) is 13.1. The highest BCUT2D eigenvalue weighted by molar-refractivity contribution is 7.92. The van der Waals surface area contributed by atoms with Crippen LogP contribution in [0.4, 0.5) is 5.69 Å². The number of rotatable bonds is 8. The molecule has 1 unspecified atom stereocenters. The maximum absolute atomic E-state index is 14.0. The number of amides is 1. The van der Waals surface area contributed by atoms with Crippen LogP contribution in [-0.2, 0) is 29.4 Å². The van der Waals surface area contributed by atoms with Gasteiger partial charge < -0.3 is 5.32 Å². The lowest BCUT2D eigenvalue weighted by atomic mass is 10.0. The van der Waals surface area contributed by atoms with Crippen LogP contribution < -0.4 is 9.62 Å². The SMILES string of the molecule is Cc1ccc(S(=O)(=O)N(Cc2ccc(Cl)cc2)c2ccccc2C(=O)NC(C)c2ccc3c(c2)CCC3)cc1. The van der Waals surface area contributed by atoms with Crippen LogP contribution in [-0.4, -0.2) is 14.3 Å². The third-order valence-corrected chi connectivity index (χ3v) is 9.26. The van der Waals surface area contributed by atoms with Gasteiger partial charge in [-0.1, -0.05) is 71.8 Å². The summed E-state index contributed by atoms with van der Waals surface area (Å²) in [4.78, 5) is 13.8. The van der Waals surface area contributed by atoms with E-state index >= 15 is 0 Å². The Balaban J connectivity index is 1.50. The number of carbonyl (C=O) groups is 1. The van der Waals surface area contributed by atoms with E-state index < -0.39 is 10.0 Å². The maximum Gasteiger partial charge on any atom is 0.264 e. The van der Waals surface area contributed by atoms with Gasteiger partial charge in [-0.05, 0) is 91.8 Å². The van der Waals surface area contributed by atoms with Crippen LogP contribution in [0.25, 0.3) is 0 Å². The Morgan fingerprint density at radius 2 is 1.62 bits per heavy atom. The minimum atomic E-state index is -4.00. The molecule has 0 radical (unpaired) electrons. The second-order valence-corrected chi connectivity index (χ2v) is 12.3. The van der Waals surface area contributed by atoms with Crippen molar-refractivity contribution in [2.24, 2.45) is 0 Å². The van der Waals surface area contributed by atoms with Gasteiger partial charge in [-0.25, -0.2) is 8.42 Å². The molecule has 1 aliphatic rings. The molecule has 39 heavy (non-hydrogen) atoms. The Bertz CT molecular complexity index is 1600. The Morgan fingerprint density at radius 3 is 2.36 bits per heavy atom. The number of nitrogens with one attached hydrogen (secondary N) is 1. The third-order valence-electron chi connectivity index (χ3n) is 7.24. The summed E-state index contributed by atoms with van der Waals surface area (Å²) in [5.74, 6) is -0.334. The largest absolute Gasteiger partial charge is 0.345 e. The molecule has 0 bridgehead atoms. The molecule has 0 aromatic heterocycles. The highest BCUT2D eigenvalue weighted by Gasteiger charge is 2.29. The molecule has 4 aromatic rings. The average Bonchev–Trinajstić information content (AvgIpc) is 3.41. The Labute approximate surface area is 235 Å². The van der Waals surface area contributed by atoms with Crippen molar-refractivity contribution in [1.29, 1.82) is 0 Å². The number of sulfonamides is 1. The molecule has 0 spiro atoms. The second kappa shape index (κ2) is 11.2. The lowest BCUT2D eigenvalue weighted by Crippen LogP contribution is -2.34. The number of carbonyl (C=O) groups excluding carboxylic acids is 1. The molecule has 0 aliphatic heterocycles. The van der Waals surface area contributed by atoms with Crippen molar-refractivity contribution in [3.05, 3.63) is 129 Å². The van der Waals surface area contributed by atoms with Crippen molar-refractivity contribution >= 4 is 33.2 Å². The first kappa shape index (κ1) is 27.0. The van der Waals surface area contributed by atoms with Crippen molar-refractivity contribution in [2.75, 3.05) is 4.31 Å². The van der Waals surface area contributed by atoms with Crippen molar-refractivity contribution in [2.45, 2.75) is 50.6 Å².